The van der Waals surface area contributed by atoms with E-state index in [-0.39, 0.29) is 11.7 Å². The Balaban J connectivity index is 1.84. The largest absolute Gasteiger partial charge is 0.506 e. The Labute approximate surface area is 106 Å². The van der Waals surface area contributed by atoms with Crippen molar-refractivity contribution in [2.45, 2.75) is 25.3 Å². The van der Waals surface area contributed by atoms with Crippen molar-refractivity contribution in [2.75, 3.05) is 19.0 Å². The predicted octanol–water partition coefficient (Wildman–Crippen LogP) is 1.48. The van der Waals surface area contributed by atoms with Gasteiger partial charge in [-0.3, -0.25) is 4.79 Å². The summed E-state index contributed by atoms with van der Waals surface area (Å²) in [7, 11) is 1.54. The van der Waals surface area contributed by atoms with Crippen LogP contribution in [-0.2, 0) is 4.79 Å². The first kappa shape index (κ1) is 12.7. The number of carbonyl (C=O) groups excluding carboxylic acids is 1. The van der Waals surface area contributed by atoms with Crippen LogP contribution >= 0.6 is 0 Å². The average molecular weight is 250 g/mol. The van der Waals surface area contributed by atoms with Gasteiger partial charge in [0, 0.05) is 25.1 Å². The van der Waals surface area contributed by atoms with Gasteiger partial charge in [-0.25, -0.2) is 0 Å². The molecule has 1 saturated carbocycles. The second kappa shape index (κ2) is 5.73. The van der Waals surface area contributed by atoms with Gasteiger partial charge in [0.25, 0.3) is 0 Å². The molecule has 0 atom stereocenters. The summed E-state index contributed by atoms with van der Waals surface area (Å²) in [5.41, 5.74) is 0.380. The fourth-order valence-corrected chi connectivity index (χ4v) is 1.63. The topological polar surface area (TPSA) is 70.6 Å². The van der Waals surface area contributed by atoms with Gasteiger partial charge >= 0.3 is 0 Å². The maximum Gasteiger partial charge on any atom is 0.225 e. The van der Waals surface area contributed by atoms with E-state index >= 15 is 0 Å². The summed E-state index contributed by atoms with van der Waals surface area (Å²) in [5.74, 6) is 0.519. The van der Waals surface area contributed by atoms with E-state index in [9.17, 15) is 9.90 Å². The van der Waals surface area contributed by atoms with Gasteiger partial charge in [0.05, 0.1) is 12.8 Å². The van der Waals surface area contributed by atoms with E-state index < -0.39 is 0 Å². The van der Waals surface area contributed by atoms with Gasteiger partial charge < -0.3 is 20.5 Å². The standard InChI is InChI=1S/C13H18N2O3/c1-18-10-4-5-12(16)11(8-10)15-13(17)6-7-14-9-2-3-9/h4-5,8-9,14,16H,2-3,6-7H2,1H3,(H,15,17). The lowest BCUT2D eigenvalue weighted by Gasteiger charge is -2.09. The van der Waals surface area contributed by atoms with Gasteiger partial charge in [0.1, 0.15) is 11.5 Å². The van der Waals surface area contributed by atoms with E-state index in [4.69, 9.17) is 4.74 Å². The van der Waals surface area contributed by atoms with Crippen LogP contribution in [0.5, 0.6) is 11.5 Å². The van der Waals surface area contributed by atoms with Crippen LogP contribution < -0.4 is 15.4 Å². The fraction of sp³-hybridized carbons (Fsp3) is 0.462. The Morgan fingerprint density at radius 3 is 2.94 bits per heavy atom. The smallest absolute Gasteiger partial charge is 0.225 e. The maximum atomic E-state index is 11.7. The third-order valence-electron chi connectivity index (χ3n) is 2.84. The van der Waals surface area contributed by atoms with Crippen LogP contribution in [0.15, 0.2) is 18.2 Å². The van der Waals surface area contributed by atoms with Crippen molar-refractivity contribution in [2.24, 2.45) is 0 Å². The fourth-order valence-electron chi connectivity index (χ4n) is 1.63. The highest BCUT2D eigenvalue weighted by molar-refractivity contribution is 5.92. The summed E-state index contributed by atoms with van der Waals surface area (Å²) in [4.78, 5) is 11.7. The molecule has 0 spiro atoms. The number of nitrogens with one attached hydrogen (secondary N) is 2. The number of aromatic hydroxyl groups is 1. The van der Waals surface area contributed by atoms with Crippen molar-refractivity contribution in [3.05, 3.63) is 18.2 Å². The van der Waals surface area contributed by atoms with Gasteiger partial charge in [-0.15, -0.1) is 0 Å². The lowest BCUT2D eigenvalue weighted by molar-refractivity contribution is -0.116. The van der Waals surface area contributed by atoms with Crippen molar-refractivity contribution in [3.8, 4) is 11.5 Å². The summed E-state index contributed by atoms with van der Waals surface area (Å²) in [6.45, 7) is 0.668. The van der Waals surface area contributed by atoms with Crippen LogP contribution in [0.3, 0.4) is 0 Å². The first-order chi connectivity index (χ1) is 8.69. The van der Waals surface area contributed by atoms with E-state index in [1.165, 1.54) is 26.0 Å². The quantitative estimate of drug-likeness (QED) is 0.669. The molecule has 0 radical (unpaired) electrons. The molecule has 1 fully saturated rings. The minimum Gasteiger partial charge on any atom is -0.506 e. The molecule has 0 unspecified atom stereocenters. The van der Waals surface area contributed by atoms with Crippen molar-refractivity contribution in [1.82, 2.24) is 5.32 Å². The molecule has 5 nitrogen and oxygen atoms in total. The number of hydrogen-bond donors (Lipinski definition) is 3. The zero-order chi connectivity index (χ0) is 13.0. The minimum absolute atomic E-state index is 0.0410. The monoisotopic (exact) mass is 250 g/mol. The summed E-state index contributed by atoms with van der Waals surface area (Å²) >= 11 is 0. The van der Waals surface area contributed by atoms with E-state index in [1.54, 1.807) is 12.1 Å². The number of hydrogen-bond acceptors (Lipinski definition) is 4. The number of phenolic OH excluding ortho intramolecular Hbond substituents is 1. The molecular formula is C13H18N2O3. The molecular weight excluding hydrogens is 232 g/mol. The SMILES string of the molecule is COc1ccc(O)c(NC(=O)CCNC2CC2)c1. The molecule has 98 valence electrons. The van der Waals surface area contributed by atoms with E-state index in [2.05, 4.69) is 10.6 Å². The number of benzene rings is 1. The maximum absolute atomic E-state index is 11.7. The molecule has 1 aliphatic rings. The number of amides is 1. The van der Waals surface area contributed by atoms with Gasteiger partial charge in [-0.1, -0.05) is 0 Å². The van der Waals surface area contributed by atoms with Crippen LogP contribution in [0, 0.1) is 0 Å². The minimum atomic E-state index is -0.119. The van der Waals surface area contributed by atoms with Gasteiger partial charge in [-0.05, 0) is 25.0 Å². The second-order valence-corrected chi connectivity index (χ2v) is 4.41. The van der Waals surface area contributed by atoms with Crippen LogP contribution in [0.1, 0.15) is 19.3 Å². The lowest BCUT2D eigenvalue weighted by atomic mass is 10.2. The van der Waals surface area contributed by atoms with Crippen LogP contribution in [0.4, 0.5) is 5.69 Å². The Morgan fingerprint density at radius 1 is 1.50 bits per heavy atom. The van der Waals surface area contributed by atoms with Gasteiger partial charge in [-0.2, -0.15) is 0 Å². The first-order valence-corrected chi connectivity index (χ1v) is 6.09. The number of methoxy groups -OCH3 is 1. The molecule has 1 aliphatic carbocycles. The molecule has 3 N–H and O–H groups in total. The summed E-state index contributed by atoms with van der Waals surface area (Å²) in [6, 6.07) is 5.33. The molecule has 5 heteroatoms. The molecule has 0 aliphatic heterocycles. The Kier molecular flexibility index (Phi) is 4.04. The van der Waals surface area contributed by atoms with E-state index in [0.29, 0.717) is 30.4 Å². The van der Waals surface area contributed by atoms with Crippen molar-refractivity contribution in [3.63, 3.8) is 0 Å². The van der Waals surface area contributed by atoms with E-state index in [0.717, 1.165) is 0 Å². The van der Waals surface area contributed by atoms with Crippen LogP contribution in [-0.4, -0.2) is 30.7 Å². The summed E-state index contributed by atoms with van der Waals surface area (Å²) < 4.78 is 5.04. The molecule has 18 heavy (non-hydrogen) atoms. The molecule has 1 aromatic carbocycles. The zero-order valence-corrected chi connectivity index (χ0v) is 10.4. The normalized spacial score (nSPS) is 14.3. The van der Waals surface area contributed by atoms with E-state index in [1.807, 2.05) is 0 Å². The molecule has 0 bridgehead atoms. The molecule has 1 amide bonds. The average Bonchev–Trinajstić information content (AvgIpc) is 3.16. The number of rotatable bonds is 6. The third kappa shape index (κ3) is 3.63. The second-order valence-electron chi connectivity index (χ2n) is 4.41. The molecule has 0 aromatic heterocycles. The number of carbonyl (C=O) groups is 1. The summed E-state index contributed by atoms with van der Waals surface area (Å²) in [5, 5.41) is 15.5. The predicted molar refractivity (Wildman–Crippen MR) is 68.9 cm³/mol. The van der Waals surface area contributed by atoms with Crippen molar-refractivity contribution < 1.29 is 14.6 Å². The number of ether oxygens (including phenoxy) is 1. The zero-order valence-electron chi connectivity index (χ0n) is 10.4. The number of phenols is 1. The first-order valence-electron chi connectivity index (χ1n) is 6.09. The highest BCUT2D eigenvalue weighted by atomic mass is 16.5. The highest BCUT2D eigenvalue weighted by Crippen LogP contribution is 2.27. The van der Waals surface area contributed by atoms with Crippen molar-refractivity contribution in [1.29, 1.82) is 0 Å². The Morgan fingerprint density at radius 2 is 2.28 bits per heavy atom. The molecule has 2 rings (SSSR count). The van der Waals surface area contributed by atoms with Crippen LogP contribution in [0.25, 0.3) is 0 Å². The van der Waals surface area contributed by atoms with Crippen molar-refractivity contribution >= 4 is 11.6 Å². The summed E-state index contributed by atoms with van der Waals surface area (Å²) in [6.07, 6.45) is 2.81. The molecule has 1 aromatic rings. The Hall–Kier alpha value is -1.75. The third-order valence-corrected chi connectivity index (χ3v) is 2.84. The highest BCUT2D eigenvalue weighted by Gasteiger charge is 2.20. The van der Waals surface area contributed by atoms with Gasteiger partial charge in [0.2, 0.25) is 5.91 Å². The molecule has 0 heterocycles. The Bertz CT molecular complexity index is 430. The van der Waals surface area contributed by atoms with Gasteiger partial charge in [0.15, 0.2) is 0 Å². The van der Waals surface area contributed by atoms with Crippen LogP contribution in [0.2, 0.25) is 0 Å². The number of anilines is 1. The molecule has 0 saturated heterocycles. The lowest BCUT2D eigenvalue weighted by Crippen LogP contribution is -2.23.